The minimum atomic E-state index is -0.753. The number of nitrogens with zero attached hydrogens (tertiary/aromatic N) is 8. The van der Waals surface area contributed by atoms with E-state index in [0.717, 1.165) is 78.9 Å². The third kappa shape index (κ3) is 8.51. The summed E-state index contributed by atoms with van der Waals surface area (Å²) >= 11 is 0. The average Bonchev–Trinajstić information content (AvgIpc) is 3.83. The molecule has 6 heterocycles. The van der Waals surface area contributed by atoms with Gasteiger partial charge in [-0.1, -0.05) is 42.4 Å². The highest BCUT2D eigenvalue weighted by Crippen LogP contribution is 2.38. The number of anilines is 1. The minimum Gasteiger partial charge on any atom is -0.457 e. The van der Waals surface area contributed by atoms with Crippen LogP contribution in [0.5, 0.6) is 11.5 Å². The SMILES string of the molecule is NCCCCC(c1cccc2c1C(=O)N(C1CCONO1)C2=O)N1CCN(C(=O)CCN2CCC(n3nc(-c4ccc(Oc5ccccc5)cc4)c4c(N)ncnc43)CC2)CC1. The lowest BCUT2D eigenvalue weighted by molar-refractivity contribution is -0.259. The molecule has 17 nitrogen and oxygen atoms in total. The fourth-order valence-electron chi connectivity index (χ4n) is 9.26. The predicted molar refractivity (Wildman–Crippen MR) is 230 cm³/mol. The number of ether oxygens (including phenoxy) is 1. The van der Waals surface area contributed by atoms with Crippen LogP contribution >= 0.6 is 0 Å². The number of rotatable bonds is 14. The molecule has 0 aliphatic carbocycles. The second kappa shape index (κ2) is 18.7. The molecule has 0 radical (unpaired) electrons. The summed E-state index contributed by atoms with van der Waals surface area (Å²) in [6.45, 7) is 5.73. The first kappa shape index (κ1) is 41.5. The highest BCUT2D eigenvalue weighted by Gasteiger charge is 2.44. The van der Waals surface area contributed by atoms with E-state index in [4.69, 9.17) is 31.0 Å². The number of likely N-dealkylation sites (tertiary alicyclic amines) is 1. The Hall–Kier alpha value is -5.82. The Balaban J connectivity index is 0.801. The van der Waals surface area contributed by atoms with Gasteiger partial charge in [0.2, 0.25) is 5.91 Å². The maximum Gasteiger partial charge on any atom is 0.264 e. The van der Waals surface area contributed by atoms with E-state index >= 15 is 0 Å². The van der Waals surface area contributed by atoms with E-state index in [0.29, 0.717) is 81.3 Å². The highest BCUT2D eigenvalue weighted by molar-refractivity contribution is 6.22. The number of unbranched alkanes of at least 4 members (excludes halogenated alkanes) is 1. The number of aromatic nitrogens is 4. The van der Waals surface area contributed by atoms with Crippen molar-refractivity contribution in [2.24, 2.45) is 5.73 Å². The van der Waals surface area contributed by atoms with Gasteiger partial charge in [-0.05, 0) is 80.3 Å². The summed E-state index contributed by atoms with van der Waals surface area (Å²) in [5.41, 5.74) is 18.7. The number of carbonyl (C=O) groups is 3. The number of hydrogen-bond acceptors (Lipinski definition) is 14. The molecule has 3 saturated heterocycles. The number of piperazine rings is 1. The van der Waals surface area contributed by atoms with Crippen LogP contribution in [0, 0.1) is 0 Å². The molecule has 5 N–H and O–H groups in total. The Morgan fingerprint density at radius 3 is 2.39 bits per heavy atom. The van der Waals surface area contributed by atoms with Crippen molar-refractivity contribution < 1.29 is 28.8 Å². The van der Waals surface area contributed by atoms with E-state index in [1.54, 1.807) is 6.07 Å². The Labute approximate surface area is 359 Å². The molecule has 0 saturated carbocycles. The second-order valence-electron chi connectivity index (χ2n) is 16.3. The molecule has 0 bridgehead atoms. The summed E-state index contributed by atoms with van der Waals surface area (Å²) in [7, 11) is 0. The van der Waals surface area contributed by atoms with Gasteiger partial charge in [0.15, 0.2) is 11.9 Å². The van der Waals surface area contributed by atoms with Crippen LogP contribution in [-0.2, 0) is 14.5 Å². The Morgan fingerprint density at radius 1 is 0.871 bits per heavy atom. The van der Waals surface area contributed by atoms with Crippen molar-refractivity contribution in [2.75, 3.05) is 64.7 Å². The lowest BCUT2D eigenvalue weighted by Crippen LogP contribution is -2.50. The van der Waals surface area contributed by atoms with Crippen molar-refractivity contribution in [1.29, 1.82) is 0 Å². The van der Waals surface area contributed by atoms with Gasteiger partial charge in [-0.2, -0.15) is 5.10 Å². The van der Waals surface area contributed by atoms with E-state index in [9.17, 15) is 14.4 Å². The van der Waals surface area contributed by atoms with Gasteiger partial charge >= 0.3 is 0 Å². The third-order valence-electron chi connectivity index (χ3n) is 12.5. The zero-order valence-corrected chi connectivity index (χ0v) is 34.7. The number of fused-ring (bicyclic) bond motifs is 2. The van der Waals surface area contributed by atoms with Crippen molar-refractivity contribution in [3.63, 3.8) is 0 Å². The fourth-order valence-corrected chi connectivity index (χ4v) is 9.26. The molecule has 9 rings (SSSR count). The first-order valence-corrected chi connectivity index (χ1v) is 21.7. The third-order valence-corrected chi connectivity index (χ3v) is 12.5. The molecular formula is C45H53N11O6. The van der Waals surface area contributed by atoms with E-state index in [1.807, 2.05) is 76.3 Å². The molecule has 3 aromatic carbocycles. The normalized spacial score (nSPS) is 19.6. The molecule has 5 aromatic rings. The van der Waals surface area contributed by atoms with Crippen LogP contribution in [0.1, 0.15) is 83.3 Å². The van der Waals surface area contributed by atoms with Crippen molar-refractivity contribution in [1.82, 2.24) is 45.0 Å². The number of para-hydroxylation sites is 1. The highest BCUT2D eigenvalue weighted by atomic mass is 16.9. The number of hydrogen-bond donors (Lipinski definition) is 3. The Morgan fingerprint density at radius 2 is 1.65 bits per heavy atom. The largest absolute Gasteiger partial charge is 0.457 e. The van der Waals surface area contributed by atoms with Crippen LogP contribution in [0.3, 0.4) is 0 Å². The van der Waals surface area contributed by atoms with Gasteiger partial charge in [-0.15, -0.1) is 0 Å². The summed E-state index contributed by atoms with van der Waals surface area (Å²) in [5, 5.41) is 5.82. The van der Waals surface area contributed by atoms with Crippen molar-refractivity contribution in [3.05, 3.63) is 95.8 Å². The first-order valence-electron chi connectivity index (χ1n) is 21.7. The number of amides is 3. The smallest absolute Gasteiger partial charge is 0.264 e. The van der Waals surface area contributed by atoms with E-state index < -0.39 is 6.23 Å². The summed E-state index contributed by atoms with van der Waals surface area (Å²) in [4.78, 5) is 68.3. The summed E-state index contributed by atoms with van der Waals surface area (Å²) in [5.74, 6) is 1.30. The maximum atomic E-state index is 13.9. The Bertz CT molecular complexity index is 2370. The van der Waals surface area contributed by atoms with Crippen LogP contribution in [-0.4, -0.2) is 122 Å². The number of imide groups is 1. The predicted octanol–water partition coefficient (Wildman–Crippen LogP) is 4.69. The molecule has 4 aliphatic rings. The fraction of sp³-hybridized carbons (Fsp3) is 0.422. The first-order chi connectivity index (χ1) is 30.4. The molecular weight excluding hydrogens is 791 g/mol. The molecule has 324 valence electrons. The van der Waals surface area contributed by atoms with Crippen LogP contribution in [0.4, 0.5) is 5.82 Å². The van der Waals surface area contributed by atoms with Crippen LogP contribution in [0.25, 0.3) is 22.3 Å². The van der Waals surface area contributed by atoms with Crippen LogP contribution < -0.4 is 21.8 Å². The van der Waals surface area contributed by atoms with Gasteiger partial charge < -0.3 is 26.0 Å². The molecule has 4 aliphatic heterocycles. The van der Waals surface area contributed by atoms with Crippen LogP contribution in [0.2, 0.25) is 0 Å². The van der Waals surface area contributed by atoms with Crippen molar-refractivity contribution in [2.45, 2.75) is 63.3 Å². The topological polar surface area (TPSA) is 200 Å². The van der Waals surface area contributed by atoms with Gasteiger partial charge in [0.25, 0.3) is 11.8 Å². The maximum absolute atomic E-state index is 13.9. The summed E-state index contributed by atoms with van der Waals surface area (Å²) in [6.07, 6.45) is 5.77. The van der Waals surface area contributed by atoms with Crippen LogP contribution in [0.15, 0.2) is 79.1 Å². The van der Waals surface area contributed by atoms with Gasteiger partial charge in [-0.3, -0.25) is 29.0 Å². The number of nitrogens with two attached hydrogens (primary N) is 2. The van der Waals surface area contributed by atoms with Gasteiger partial charge in [0.05, 0.1) is 29.2 Å². The molecule has 0 spiro atoms. The van der Waals surface area contributed by atoms with Gasteiger partial charge in [0.1, 0.15) is 29.3 Å². The molecule has 17 heteroatoms. The standard InChI is InChI=1S/C45H53N11O6/c46-20-5-4-11-36(34-9-6-10-35-39(34)45(59)55(44(35)58)38-19-28-60-51-62-38)53-24-26-54(27-25-53)37(57)18-23-52-21-16-31(17-22-52)56-43-40(42(47)48-29-49-43)41(50-56)30-12-14-33(15-13-30)61-32-7-2-1-3-8-32/h1-3,6-10,12-15,29,31,36,38,51H,4-5,11,16-28,46H2,(H2,47,48,49). The number of nitrogen functional groups attached to an aromatic ring is 1. The van der Waals surface area contributed by atoms with Gasteiger partial charge in [0, 0.05) is 70.3 Å². The summed E-state index contributed by atoms with van der Waals surface area (Å²) in [6, 6.07) is 23.0. The number of nitrogens with one attached hydrogen (secondary N) is 1. The van der Waals surface area contributed by atoms with Crippen molar-refractivity contribution in [3.8, 4) is 22.8 Å². The minimum absolute atomic E-state index is 0.105. The molecule has 62 heavy (non-hydrogen) atoms. The number of carbonyl (C=O) groups excluding carboxylic acids is 3. The van der Waals surface area contributed by atoms with Gasteiger partial charge in [-0.25, -0.2) is 19.5 Å². The zero-order chi connectivity index (χ0) is 42.6. The monoisotopic (exact) mass is 843 g/mol. The van der Waals surface area contributed by atoms with Crippen molar-refractivity contribution >= 4 is 34.6 Å². The van der Waals surface area contributed by atoms with E-state index in [1.165, 1.54) is 11.2 Å². The molecule has 2 aromatic heterocycles. The molecule has 2 atom stereocenters. The molecule has 3 fully saturated rings. The Kier molecular flexibility index (Phi) is 12.5. The lowest BCUT2D eigenvalue weighted by atomic mass is 9.92. The second-order valence-corrected chi connectivity index (χ2v) is 16.3. The quantitative estimate of drug-likeness (QED) is 0.103. The molecule has 3 amide bonds. The molecule has 2 unspecified atom stereocenters. The summed E-state index contributed by atoms with van der Waals surface area (Å²) < 4.78 is 8.01. The number of piperidine rings is 1. The van der Waals surface area contributed by atoms with E-state index in [-0.39, 0.29) is 29.8 Å². The average molecular weight is 844 g/mol. The van der Waals surface area contributed by atoms with E-state index in [2.05, 4.69) is 25.4 Å². The number of benzene rings is 3. The lowest BCUT2D eigenvalue weighted by Gasteiger charge is -2.40. The zero-order valence-electron chi connectivity index (χ0n) is 34.7.